The van der Waals surface area contributed by atoms with Crippen molar-refractivity contribution in [1.29, 1.82) is 0 Å². The van der Waals surface area contributed by atoms with E-state index in [1.54, 1.807) is 0 Å². The van der Waals surface area contributed by atoms with Crippen LogP contribution in [0, 0.1) is 25.4 Å². The summed E-state index contributed by atoms with van der Waals surface area (Å²) < 4.78 is 17.0. The first-order valence-corrected chi connectivity index (χ1v) is 7.38. The number of aromatic nitrogens is 2. The van der Waals surface area contributed by atoms with Crippen molar-refractivity contribution in [2.75, 3.05) is 0 Å². The van der Waals surface area contributed by atoms with Crippen LogP contribution in [0.5, 0.6) is 0 Å². The normalized spacial score (nSPS) is 12.2. The molecule has 0 amide bonds. The van der Waals surface area contributed by atoms with Gasteiger partial charge in [0.2, 0.25) is 5.52 Å². The third kappa shape index (κ3) is 2.44. The lowest BCUT2D eigenvalue weighted by Gasteiger charge is -2.02. The molecule has 11 nitrogen and oxygen atoms in total. The Labute approximate surface area is 134 Å². The van der Waals surface area contributed by atoms with Crippen LogP contribution in [0.2, 0.25) is 0 Å². The standard InChI is InChI=1S/C12H6N4O7S/c17-14(18)7-1-3-8(4-2-7)24(22)10-6-5-9(15(19)20)11-12(10)16(21)23-13-11/h1-6H. The second-order valence-corrected chi connectivity index (χ2v) is 5.94. The molecular formula is C12H6N4O7S. The first-order chi connectivity index (χ1) is 11.4. The van der Waals surface area contributed by atoms with Crippen molar-refractivity contribution in [3.63, 3.8) is 0 Å². The maximum Gasteiger partial charge on any atom is 0.327 e. The molecule has 122 valence electrons. The molecule has 3 rings (SSSR count). The molecule has 1 heterocycles. The van der Waals surface area contributed by atoms with Crippen LogP contribution in [-0.4, -0.2) is 19.2 Å². The Bertz CT molecular complexity index is 999. The molecule has 1 aromatic heterocycles. The predicted molar refractivity (Wildman–Crippen MR) is 77.4 cm³/mol. The van der Waals surface area contributed by atoms with Gasteiger partial charge in [0, 0.05) is 23.1 Å². The summed E-state index contributed by atoms with van der Waals surface area (Å²) in [5.41, 5.74) is -1.31. The molecule has 12 heteroatoms. The summed E-state index contributed by atoms with van der Waals surface area (Å²) in [5.74, 6) is 0. The van der Waals surface area contributed by atoms with Gasteiger partial charge in [-0.3, -0.25) is 24.9 Å². The summed E-state index contributed by atoms with van der Waals surface area (Å²) in [6.45, 7) is 0. The van der Waals surface area contributed by atoms with E-state index >= 15 is 0 Å². The topological polar surface area (TPSA) is 156 Å². The van der Waals surface area contributed by atoms with E-state index in [9.17, 15) is 29.6 Å². The van der Waals surface area contributed by atoms with Gasteiger partial charge in [-0.1, -0.05) is 0 Å². The van der Waals surface area contributed by atoms with Crippen LogP contribution >= 0.6 is 0 Å². The summed E-state index contributed by atoms with van der Waals surface area (Å²) in [6, 6.07) is 7.07. The number of benzene rings is 2. The van der Waals surface area contributed by atoms with Gasteiger partial charge >= 0.3 is 11.2 Å². The van der Waals surface area contributed by atoms with E-state index in [1.807, 2.05) is 0 Å². The van der Waals surface area contributed by atoms with Crippen LogP contribution < -0.4 is 4.90 Å². The molecule has 1 unspecified atom stereocenters. The largest absolute Gasteiger partial charge is 0.359 e. The van der Waals surface area contributed by atoms with Crippen LogP contribution in [-0.2, 0) is 10.8 Å². The molecule has 0 radical (unpaired) electrons. The molecule has 0 aliphatic carbocycles. The Morgan fingerprint density at radius 3 is 2.29 bits per heavy atom. The molecule has 0 aliphatic heterocycles. The highest BCUT2D eigenvalue weighted by Gasteiger charge is 2.28. The van der Waals surface area contributed by atoms with Crippen molar-refractivity contribution < 1.29 is 23.6 Å². The lowest BCUT2D eigenvalue weighted by atomic mass is 10.3. The predicted octanol–water partition coefficient (Wildman–Crippen LogP) is 1.44. The van der Waals surface area contributed by atoms with Gasteiger partial charge in [-0.15, -0.1) is 0 Å². The van der Waals surface area contributed by atoms with Crippen LogP contribution in [0.3, 0.4) is 0 Å². The van der Waals surface area contributed by atoms with Crippen LogP contribution in [0.15, 0.2) is 50.8 Å². The highest BCUT2D eigenvalue weighted by molar-refractivity contribution is 7.85. The van der Waals surface area contributed by atoms with E-state index < -0.39 is 26.3 Å². The molecule has 2 aromatic carbocycles. The molecular weight excluding hydrogens is 344 g/mol. The van der Waals surface area contributed by atoms with Gasteiger partial charge in [-0.05, 0) is 23.1 Å². The van der Waals surface area contributed by atoms with Gasteiger partial charge in [-0.25, -0.2) is 4.21 Å². The molecule has 0 spiro atoms. The molecule has 24 heavy (non-hydrogen) atoms. The Morgan fingerprint density at radius 1 is 1.04 bits per heavy atom. The van der Waals surface area contributed by atoms with Crippen molar-refractivity contribution in [3.05, 3.63) is 61.8 Å². The van der Waals surface area contributed by atoms with Crippen molar-refractivity contribution in [2.45, 2.75) is 9.79 Å². The average molecular weight is 350 g/mol. The lowest BCUT2D eigenvalue weighted by molar-refractivity contribution is -0.783. The molecule has 0 N–H and O–H groups in total. The Morgan fingerprint density at radius 2 is 1.71 bits per heavy atom. The Hall–Kier alpha value is -3.41. The molecule has 0 aliphatic rings. The minimum Gasteiger partial charge on any atom is -0.359 e. The highest BCUT2D eigenvalue weighted by atomic mass is 32.2. The fourth-order valence-electron chi connectivity index (χ4n) is 2.05. The minimum absolute atomic E-state index is 0.0549. The minimum atomic E-state index is -1.92. The van der Waals surface area contributed by atoms with E-state index in [4.69, 9.17) is 0 Å². The van der Waals surface area contributed by atoms with Gasteiger partial charge in [0.25, 0.3) is 5.69 Å². The third-order valence-electron chi connectivity index (χ3n) is 3.14. The van der Waals surface area contributed by atoms with E-state index in [2.05, 4.69) is 9.79 Å². The molecule has 0 saturated carbocycles. The summed E-state index contributed by atoms with van der Waals surface area (Å²) in [4.78, 5) is 20.3. The Kier molecular flexibility index (Phi) is 3.65. The number of nitro benzene ring substituents is 2. The summed E-state index contributed by atoms with van der Waals surface area (Å²) >= 11 is 0. The number of nitro groups is 2. The van der Waals surface area contributed by atoms with Crippen LogP contribution in [0.25, 0.3) is 11.0 Å². The second kappa shape index (κ2) is 5.66. The zero-order chi connectivity index (χ0) is 17.4. The zero-order valence-electron chi connectivity index (χ0n) is 11.5. The molecule has 0 saturated heterocycles. The number of nitrogens with zero attached hydrogens (tertiary/aromatic N) is 4. The molecule has 1 atom stereocenters. The quantitative estimate of drug-likeness (QED) is 0.388. The van der Waals surface area contributed by atoms with Crippen molar-refractivity contribution in [2.24, 2.45) is 0 Å². The van der Waals surface area contributed by atoms with Crippen molar-refractivity contribution >= 4 is 33.2 Å². The number of hydrogen-bond donors (Lipinski definition) is 0. The monoisotopic (exact) mass is 350 g/mol. The fourth-order valence-corrected chi connectivity index (χ4v) is 3.23. The van der Waals surface area contributed by atoms with Crippen LogP contribution in [0.4, 0.5) is 11.4 Å². The maximum atomic E-state index is 12.6. The summed E-state index contributed by atoms with van der Waals surface area (Å²) in [6.07, 6.45) is 0. The Balaban J connectivity index is 2.14. The first kappa shape index (κ1) is 15.5. The van der Waals surface area contributed by atoms with Gasteiger partial charge in [0.1, 0.15) is 4.90 Å². The summed E-state index contributed by atoms with van der Waals surface area (Å²) in [5, 5.41) is 36.6. The summed E-state index contributed by atoms with van der Waals surface area (Å²) in [7, 11) is -1.92. The van der Waals surface area contributed by atoms with Crippen LogP contribution in [0.1, 0.15) is 0 Å². The smallest absolute Gasteiger partial charge is 0.327 e. The maximum absolute atomic E-state index is 12.6. The molecule has 0 fully saturated rings. The molecule has 0 bridgehead atoms. The van der Waals surface area contributed by atoms with Gasteiger partial charge in [-0.2, -0.15) is 0 Å². The zero-order valence-corrected chi connectivity index (χ0v) is 12.3. The number of non-ortho nitro benzene ring substituents is 2. The average Bonchev–Trinajstić information content (AvgIpc) is 2.95. The third-order valence-corrected chi connectivity index (χ3v) is 4.57. The van der Waals surface area contributed by atoms with E-state index in [-0.39, 0.29) is 31.4 Å². The number of hydrogen-bond acceptors (Lipinski definition) is 8. The SMILES string of the molecule is O=[N+]([O-])c1ccc(S(=O)c2ccc([N+](=O)[O-])c3no[n+]([O-])c23)cc1. The van der Waals surface area contributed by atoms with Crippen molar-refractivity contribution in [1.82, 2.24) is 5.16 Å². The highest BCUT2D eigenvalue weighted by Crippen LogP contribution is 2.29. The van der Waals surface area contributed by atoms with Crippen molar-refractivity contribution in [3.8, 4) is 0 Å². The van der Waals surface area contributed by atoms with E-state index in [1.165, 1.54) is 12.1 Å². The van der Waals surface area contributed by atoms with Gasteiger partial charge < -0.3 is 5.21 Å². The molecule has 3 aromatic rings. The van der Waals surface area contributed by atoms with Gasteiger partial charge in [0.05, 0.1) is 25.8 Å². The van der Waals surface area contributed by atoms with Gasteiger partial charge in [0.15, 0.2) is 0 Å². The lowest BCUT2D eigenvalue weighted by Crippen LogP contribution is -2.24. The fraction of sp³-hybridized carbons (Fsp3) is 0. The van der Waals surface area contributed by atoms with E-state index in [0.29, 0.717) is 0 Å². The second-order valence-electron chi connectivity index (χ2n) is 4.49. The van der Waals surface area contributed by atoms with E-state index in [0.717, 1.165) is 24.3 Å². The number of rotatable bonds is 4. The number of fused-ring (bicyclic) bond motifs is 1. The first-order valence-electron chi connectivity index (χ1n) is 6.23.